The minimum Gasteiger partial charge on any atom is -0.392 e. The molecule has 1 atom stereocenters. The maximum absolute atomic E-state index is 9.51. The summed E-state index contributed by atoms with van der Waals surface area (Å²) in [7, 11) is 0. The molecule has 3 aromatic rings. The average molecular weight is 358 g/mol. The van der Waals surface area contributed by atoms with Crippen LogP contribution in [0.15, 0.2) is 53.0 Å². The molecule has 0 aliphatic rings. The average Bonchev–Trinajstić information content (AvgIpc) is 2.53. The van der Waals surface area contributed by atoms with Gasteiger partial charge in [-0.25, -0.2) is 9.97 Å². The van der Waals surface area contributed by atoms with Gasteiger partial charge in [0.05, 0.1) is 11.6 Å². The van der Waals surface area contributed by atoms with E-state index >= 15 is 0 Å². The lowest BCUT2D eigenvalue weighted by molar-refractivity contribution is 0.208. The molecule has 0 amide bonds. The summed E-state index contributed by atoms with van der Waals surface area (Å²) in [6.45, 7) is 2.18. The zero-order valence-corrected chi connectivity index (χ0v) is 13.7. The molecule has 3 rings (SSSR count). The summed E-state index contributed by atoms with van der Waals surface area (Å²) >= 11 is 3.48. The summed E-state index contributed by atoms with van der Waals surface area (Å²) in [6, 6.07) is 15.8. The van der Waals surface area contributed by atoms with Crippen LogP contribution in [0.4, 0.5) is 5.82 Å². The molecule has 0 fully saturated rings. The zero-order chi connectivity index (χ0) is 15.5. The molecule has 0 spiro atoms. The van der Waals surface area contributed by atoms with Crippen molar-refractivity contribution in [1.29, 1.82) is 0 Å². The summed E-state index contributed by atoms with van der Waals surface area (Å²) in [5.74, 6) is 1.40. The minimum atomic E-state index is -0.447. The number of nitrogens with one attached hydrogen (secondary N) is 1. The topological polar surface area (TPSA) is 58.0 Å². The number of aromatic nitrogens is 2. The van der Waals surface area contributed by atoms with E-state index in [9.17, 15) is 5.11 Å². The molecule has 1 heterocycles. The van der Waals surface area contributed by atoms with E-state index in [0.717, 1.165) is 26.8 Å². The van der Waals surface area contributed by atoms with Crippen LogP contribution in [0, 0.1) is 0 Å². The van der Waals surface area contributed by atoms with Gasteiger partial charge in [-0.15, -0.1) is 0 Å². The van der Waals surface area contributed by atoms with Gasteiger partial charge in [-0.05, 0) is 25.1 Å². The van der Waals surface area contributed by atoms with Crippen LogP contribution in [-0.4, -0.2) is 27.7 Å². The predicted molar refractivity (Wildman–Crippen MR) is 92.8 cm³/mol. The fourth-order valence-electron chi connectivity index (χ4n) is 2.20. The molecule has 0 bridgehead atoms. The van der Waals surface area contributed by atoms with E-state index in [0.29, 0.717) is 12.4 Å². The molecule has 2 aromatic carbocycles. The first-order valence-electron chi connectivity index (χ1n) is 7.08. The minimum absolute atomic E-state index is 0.437. The van der Waals surface area contributed by atoms with Gasteiger partial charge in [-0.3, -0.25) is 0 Å². The largest absolute Gasteiger partial charge is 0.392 e. The van der Waals surface area contributed by atoms with Crippen LogP contribution in [0.1, 0.15) is 6.92 Å². The van der Waals surface area contributed by atoms with Gasteiger partial charge in [-0.2, -0.15) is 0 Å². The second-order valence-corrected chi connectivity index (χ2v) is 6.07. The van der Waals surface area contributed by atoms with Crippen molar-refractivity contribution < 1.29 is 5.11 Å². The Kier molecular flexibility index (Phi) is 4.36. The molecule has 0 aliphatic heterocycles. The molecular formula is C17H16BrN3O. The monoisotopic (exact) mass is 357 g/mol. The Morgan fingerprint density at radius 1 is 1.14 bits per heavy atom. The van der Waals surface area contributed by atoms with Crippen molar-refractivity contribution in [3.63, 3.8) is 0 Å². The van der Waals surface area contributed by atoms with Crippen molar-refractivity contribution in [2.24, 2.45) is 0 Å². The molecule has 22 heavy (non-hydrogen) atoms. The molecular weight excluding hydrogens is 342 g/mol. The Bertz CT molecular complexity index is 791. The Labute approximate surface area is 137 Å². The van der Waals surface area contributed by atoms with Gasteiger partial charge in [0.1, 0.15) is 5.82 Å². The number of benzene rings is 2. The number of fused-ring (bicyclic) bond motifs is 1. The SMILES string of the molecule is CC(O)CNc1nc(-c2ccccc2)nc2ccc(Br)cc12. The first-order chi connectivity index (χ1) is 10.6. The Balaban J connectivity index is 2.13. The standard InChI is InChI=1S/C17H16BrN3O/c1-11(22)10-19-17-14-9-13(18)7-8-15(14)20-16(21-17)12-5-3-2-4-6-12/h2-9,11,22H,10H2,1H3,(H,19,20,21). The van der Waals surface area contributed by atoms with Crippen molar-refractivity contribution >= 4 is 32.7 Å². The Hall–Kier alpha value is -1.98. The van der Waals surface area contributed by atoms with Crippen LogP contribution >= 0.6 is 15.9 Å². The van der Waals surface area contributed by atoms with Crippen LogP contribution in [0.5, 0.6) is 0 Å². The lowest BCUT2D eigenvalue weighted by Crippen LogP contribution is -2.16. The summed E-state index contributed by atoms with van der Waals surface area (Å²) < 4.78 is 0.969. The highest BCUT2D eigenvalue weighted by atomic mass is 79.9. The Morgan fingerprint density at radius 3 is 2.64 bits per heavy atom. The van der Waals surface area contributed by atoms with E-state index in [1.807, 2.05) is 48.5 Å². The fourth-order valence-corrected chi connectivity index (χ4v) is 2.56. The van der Waals surface area contributed by atoms with E-state index in [-0.39, 0.29) is 0 Å². The fraction of sp³-hybridized carbons (Fsp3) is 0.176. The predicted octanol–water partition coefficient (Wildman–Crippen LogP) is 3.85. The number of hydrogen-bond donors (Lipinski definition) is 2. The number of anilines is 1. The second-order valence-electron chi connectivity index (χ2n) is 5.15. The summed E-state index contributed by atoms with van der Waals surface area (Å²) in [5.41, 5.74) is 1.83. The molecule has 0 aliphatic carbocycles. The normalized spacial score (nSPS) is 12.3. The second kappa shape index (κ2) is 6.42. The van der Waals surface area contributed by atoms with E-state index in [2.05, 4.69) is 31.2 Å². The van der Waals surface area contributed by atoms with Crippen molar-refractivity contribution in [2.45, 2.75) is 13.0 Å². The van der Waals surface area contributed by atoms with E-state index < -0.39 is 6.10 Å². The number of nitrogens with zero attached hydrogens (tertiary/aromatic N) is 2. The highest BCUT2D eigenvalue weighted by molar-refractivity contribution is 9.10. The Morgan fingerprint density at radius 2 is 1.91 bits per heavy atom. The smallest absolute Gasteiger partial charge is 0.162 e. The van der Waals surface area contributed by atoms with Crippen LogP contribution in [-0.2, 0) is 0 Å². The van der Waals surface area contributed by atoms with Gasteiger partial charge >= 0.3 is 0 Å². The molecule has 112 valence electrons. The highest BCUT2D eigenvalue weighted by Crippen LogP contribution is 2.27. The third-order valence-corrected chi connectivity index (χ3v) is 3.75. The molecule has 5 heteroatoms. The maximum Gasteiger partial charge on any atom is 0.162 e. The van der Waals surface area contributed by atoms with Gasteiger partial charge in [0.2, 0.25) is 0 Å². The molecule has 1 aromatic heterocycles. The third kappa shape index (κ3) is 3.26. The van der Waals surface area contributed by atoms with E-state index in [1.165, 1.54) is 0 Å². The number of aliphatic hydroxyl groups is 1. The lowest BCUT2D eigenvalue weighted by atomic mass is 10.2. The first kappa shape index (κ1) is 14.9. The van der Waals surface area contributed by atoms with Gasteiger partial charge in [0.25, 0.3) is 0 Å². The lowest BCUT2D eigenvalue weighted by Gasteiger charge is -2.12. The molecule has 4 nitrogen and oxygen atoms in total. The van der Waals surface area contributed by atoms with Crippen molar-refractivity contribution in [1.82, 2.24) is 9.97 Å². The van der Waals surface area contributed by atoms with E-state index in [4.69, 9.17) is 0 Å². The number of hydrogen-bond acceptors (Lipinski definition) is 4. The number of rotatable bonds is 4. The maximum atomic E-state index is 9.51. The van der Waals surface area contributed by atoms with E-state index in [1.54, 1.807) is 6.92 Å². The molecule has 0 saturated carbocycles. The van der Waals surface area contributed by atoms with Crippen LogP contribution in [0.2, 0.25) is 0 Å². The highest BCUT2D eigenvalue weighted by Gasteiger charge is 2.10. The van der Waals surface area contributed by atoms with Gasteiger partial charge in [-0.1, -0.05) is 46.3 Å². The van der Waals surface area contributed by atoms with Gasteiger partial charge < -0.3 is 10.4 Å². The zero-order valence-electron chi connectivity index (χ0n) is 12.1. The van der Waals surface area contributed by atoms with Crippen LogP contribution < -0.4 is 5.32 Å². The number of halogens is 1. The molecule has 2 N–H and O–H groups in total. The van der Waals surface area contributed by atoms with Crippen molar-refractivity contribution in [2.75, 3.05) is 11.9 Å². The quantitative estimate of drug-likeness (QED) is 0.744. The summed E-state index contributed by atoms with van der Waals surface area (Å²) in [6.07, 6.45) is -0.447. The van der Waals surface area contributed by atoms with Gasteiger partial charge in [0.15, 0.2) is 5.82 Å². The molecule has 0 saturated heterocycles. The third-order valence-electron chi connectivity index (χ3n) is 3.25. The molecule has 0 radical (unpaired) electrons. The van der Waals surface area contributed by atoms with Crippen LogP contribution in [0.25, 0.3) is 22.3 Å². The first-order valence-corrected chi connectivity index (χ1v) is 7.87. The van der Waals surface area contributed by atoms with Crippen LogP contribution in [0.3, 0.4) is 0 Å². The molecule has 1 unspecified atom stereocenters. The summed E-state index contributed by atoms with van der Waals surface area (Å²) in [4.78, 5) is 9.27. The van der Waals surface area contributed by atoms with Gasteiger partial charge in [0, 0.05) is 22.0 Å². The summed E-state index contributed by atoms with van der Waals surface area (Å²) in [5, 5.41) is 13.6. The number of aliphatic hydroxyl groups excluding tert-OH is 1. The van der Waals surface area contributed by atoms with Crippen molar-refractivity contribution in [3.05, 3.63) is 53.0 Å². The van der Waals surface area contributed by atoms with Crippen molar-refractivity contribution in [3.8, 4) is 11.4 Å².